The lowest BCUT2D eigenvalue weighted by atomic mass is 10.1. The minimum Gasteiger partial charge on any atom is -0.324 e. The van der Waals surface area contributed by atoms with Crippen molar-refractivity contribution in [1.82, 2.24) is 10.1 Å². The second-order valence-electron chi connectivity index (χ2n) is 3.15. The second-order valence-corrected chi connectivity index (χ2v) is 3.15. The summed E-state index contributed by atoms with van der Waals surface area (Å²) in [6.45, 7) is 9.17. The van der Waals surface area contributed by atoms with Crippen LogP contribution in [0, 0.1) is 6.92 Å². The van der Waals surface area contributed by atoms with E-state index in [0.29, 0.717) is 43.6 Å². The van der Waals surface area contributed by atoms with Gasteiger partial charge in [-0.05, 0) is 6.92 Å². The van der Waals surface area contributed by atoms with Crippen molar-refractivity contribution in [1.29, 1.82) is 0 Å². The van der Waals surface area contributed by atoms with Crippen molar-refractivity contribution < 1.29 is 9.32 Å². The van der Waals surface area contributed by atoms with Crippen LogP contribution in [0.15, 0.2) is 17.7 Å². The van der Waals surface area contributed by atoms with E-state index in [1.54, 1.807) is 6.92 Å². The van der Waals surface area contributed by atoms with Crippen LogP contribution < -0.4 is 4.90 Å². The molecule has 1 aromatic rings. The molecule has 15 heavy (non-hydrogen) atoms. The number of piperidine rings is 1. The summed E-state index contributed by atoms with van der Waals surface area (Å²) in [4.78, 5) is 17.0. The fourth-order valence-electron chi connectivity index (χ4n) is 1.36. The van der Waals surface area contributed by atoms with E-state index in [0.717, 1.165) is 0 Å². The maximum absolute atomic E-state index is 11.0. The number of hydrogen-bond donors (Lipinski definition) is 0. The Morgan fingerprint density at radius 3 is 2.40 bits per heavy atom. The fourth-order valence-corrected chi connectivity index (χ4v) is 1.36. The number of ketones is 1. The van der Waals surface area contributed by atoms with Gasteiger partial charge in [-0.3, -0.25) is 4.79 Å². The molecule has 0 saturated carbocycles. The van der Waals surface area contributed by atoms with E-state index in [1.165, 1.54) is 0 Å². The summed E-state index contributed by atoms with van der Waals surface area (Å²) in [6.07, 6.45) is 1.17. The van der Waals surface area contributed by atoms with E-state index in [4.69, 9.17) is 4.52 Å². The van der Waals surface area contributed by atoms with Crippen LogP contribution in [0.25, 0.3) is 0 Å². The molecule has 0 unspecified atom stereocenters. The molecule has 1 aliphatic heterocycles. The van der Waals surface area contributed by atoms with Gasteiger partial charge < -0.3 is 9.42 Å². The predicted molar refractivity (Wildman–Crippen MR) is 56.7 cm³/mol. The number of carbonyl (C=O) groups is 1. The number of rotatable bonds is 1. The lowest BCUT2D eigenvalue weighted by Gasteiger charge is -2.23. The van der Waals surface area contributed by atoms with Gasteiger partial charge in [-0.15, -0.1) is 13.2 Å². The molecule has 1 saturated heterocycles. The Hall–Kier alpha value is -1.65. The van der Waals surface area contributed by atoms with Gasteiger partial charge in [0.2, 0.25) is 0 Å². The summed E-state index contributed by atoms with van der Waals surface area (Å²) >= 11 is 0. The van der Waals surface area contributed by atoms with E-state index >= 15 is 0 Å². The van der Waals surface area contributed by atoms with Crippen LogP contribution in [-0.4, -0.2) is 29.0 Å². The highest BCUT2D eigenvalue weighted by atomic mass is 16.5. The number of aryl methyl sites for hydroxylation is 1. The standard InChI is InChI=1S/C8H11N3O2.C2H4/c1-6-9-8(13-10-6)11-4-2-7(12)3-5-11;1-2/h2-5H2,1H3;1-2H2. The van der Waals surface area contributed by atoms with Crippen molar-refractivity contribution in [3.63, 3.8) is 0 Å². The first-order chi connectivity index (χ1) is 7.25. The molecule has 82 valence electrons. The lowest BCUT2D eigenvalue weighted by molar-refractivity contribution is -0.119. The molecule has 0 radical (unpaired) electrons. The van der Waals surface area contributed by atoms with Crippen molar-refractivity contribution >= 4 is 11.8 Å². The normalized spacial score (nSPS) is 15.8. The first-order valence-electron chi connectivity index (χ1n) is 4.82. The molecular formula is C10H15N3O2. The van der Waals surface area contributed by atoms with Gasteiger partial charge in [-0.1, -0.05) is 5.16 Å². The lowest BCUT2D eigenvalue weighted by Crippen LogP contribution is -2.33. The Morgan fingerprint density at radius 1 is 1.33 bits per heavy atom. The van der Waals surface area contributed by atoms with Crippen LogP contribution in [0.4, 0.5) is 6.01 Å². The monoisotopic (exact) mass is 209 g/mol. The Bertz CT molecular complexity index is 325. The molecule has 5 heteroatoms. The van der Waals surface area contributed by atoms with Crippen LogP contribution in [0.3, 0.4) is 0 Å². The minimum atomic E-state index is 0.312. The number of hydrogen-bond acceptors (Lipinski definition) is 5. The Kier molecular flexibility index (Phi) is 4.03. The number of carbonyl (C=O) groups excluding carboxylic acids is 1. The molecule has 5 nitrogen and oxygen atoms in total. The molecular weight excluding hydrogens is 194 g/mol. The molecule has 2 heterocycles. The molecule has 1 fully saturated rings. The molecule has 0 N–H and O–H groups in total. The summed E-state index contributed by atoms with van der Waals surface area (Å²) in [7, 11) is 0. The van der Waals surface area contributed by atoms with Crippen molar-refractivity contribution in [2.75, 3.05) is 18.0 Å². The average Bonchev–Trinajstić information content (AvgIpc) is 2.69. The molecule has 0 amide bonds. The quantitative estimate of drug-likeness (QED) is 0.653. The Labute approximate surface area is 88.8 Å². The Morgan fingerprint density at radius 2 is 1.93 bits per heavy atom. The topological polar surface area (TPSA) is 59.2 Å². The number of aromatic nitrogens is 2. The van der Waals surface area contributed by atoms with Crippen LogP contribution >= 0.6 is 0 Å². The van der Waals surface area contributed by atoms with Gasteiger partial charge in [-0.25, -0.2) is 0 Å². The van der Waals surface area contributed by atoms with Gasteiger partial charge in [0.15, 0.2) is 5.82 Å². The van der Waals surface area contributed by atoms with Crippen molar-refractivity contribution in [3.8, 4) is 0 Å². The van der Waals surface area contributed by atoms with Gasteiger partial charge in [0.25, 0.3) is 0 Å². The van der Waals surface area contributed by atoms with E-state index in [1.807, 2.05) is 4.90 Å². The largest absolute Gasteiger partial charge is 0.324 e. The van der Waals surface area contributed by atoms with Crippen LogP contribution in [0.1, 0.15) is 18.7 Å². The second kappa shape index (κ2) is 5.29. The van der Waals surface area contributed by atoms with Crippen molar-refractivity contribution in [3.05, 3.63) is 19.0 Å². The summed E-state index contributed by atoms with van der Waals surface area (Å²) in [5.41, 5.74) is 0. The van der Waals surface area contributed by atoms with Crippen molar-refractivity contribution in [2.24, 2.45) is 0 Å². The van der Waals surface area contributed by atoms with E-state index < -0.39 is 0 Å². The zero-order valence-corrected chi connectivity index (χ0v) is 8.90. The van der Waals surface area contributed by atoms with Crippen LogP contribution in [0.2, 0.25) is 0 Å². The summed E-state index contributed by atoms with van der Waals surface area (Å²) in [5.74, 6) is 0.944. The molecule has 0 aliphatic carbocycles. The van der Waals surface area contributed by atoms with Crippen molar-refractivity contribution in [2.45, 2.75) is 19.8 Å². The number of anilines is 1. The van der Waals surface area contributed by atoms with E-state index in [9.17, 15) is 4.79 Å². The molecule has 0 atom stereocenters. The zero-order valence-electron chi connectivity index (χ0n) is 8.90. The highest BCUT2D eigenvalue weighted by Crippen LogP contribution is 2.15. The molecule has 0 bridgehead atoms. The van der Waals surface area contributed by atoms with Gasteiger partial charge in [-0.2, -0.15) is 4.98 Å². The smallest absolute Gasteiger partial charge is 0.324 e. The number of nitrogens with zero attached hydrogens (tertiary/aromatic N) is 3. The first-order valence-corrected chi connectivity index (χ1v) is 4.82. The molecule has 2 rings (SSSR count). The zero-order chi connectivity index (χ0) is 11.3. The maximum atomic E-state index is 11.0. The van der Waals surface area contributed by atoms with Crippen LogP contribution in [-0.2, 0) is 4.79 Å². The third-order valence-corrected chi connectivity index (χ3v) is 2.11. The summed E-state index contributed by atoms with van der Waals surface area (Å²) in [5, 5.41) is 3.70. The molecule has 1 aliphatic rings. The molecule has 0 aromatic carbocycles. The fraction of sp³-hybridized carbons (Fsp3) is 0.500. The molecule has 1 aromatic heterocycles. The third kappa shape index (κ3) is 2.90. The highest BCUT2D eigenvalue weighted by Gasteiger charge is 2.20. The third-order valence-electron chi connectivity index (χ3n) is 2.11. The SMILES string of the molecule is C=C.Cc1noc(N2CCC(=O)CC2)n1. The van der Waals surface area contributed by atoms with Gasteiger partial charge in [0, 0.05) is 25.9 Å². The van der Waals surface area contributed by atoms with Gasteiger partial charge in [0.1, 0.15) is 5.78 Å². The molecule has 0 spiro atoms. The Balaban J connectivity index is 0.000000531. The summed E-state index contributed by atoms with van der Waals surface area (Å²) < 4.78 is 4.99. The minimum absolute atomic E-state index is 0.312. The number of Topliss-reactive ketones (excluding diaryl/α,β-unsaturated/α-hetero) is 1. The van der Waals surface area contributed by atoms with Gasteiger partial charge >= 0.3 is 6.01 Å². The highest BCUT2D eigenvalue weighted by molar-refractivity contribution is 5.80. The summed E-state index contributed by atoms with van der Waals surface area (Å²) in [6, 6.07) is 0.532. The average molecular weight is 209 g/mol. The van der Waals surface area contributed by atoms with Gasteiger partial charge in [0.05, 0.1) is 0 Å². The maximum Gasteiger partial charge on any atom is 0.324 e. The predicted octanol–water partition coefficient (Wildman–Crippen LogP) is 1.35. The van der Waals surface area contributed by atoms with E-state index in [-0.39, 0.29) is 0 Å². The first kappa shape index (κ1) is 11.4. The van der Waals surface area contributed by atoms with E-state index in [2.05, 4.69) is 23.3 Å². The van der Waals surface area contributed by atoms with Crippen LogP contribution in [0.5, 0.6) is 0 Å².